The van der Waals surface area contributed by atoms with E-state index in [0.29, 0.717) is 0 Å². The molecule has 0 unspecified atom stereocenters. The van der Waals surface area contributed by atoms with Crippen LogP contribution in [0.4, 0.5) is 0 Å². The van der Waals surface area contributed by atoms with Gasteiger partial charge in [-0.05, 0) is 15.6 Å². The summed E-state index contributed by atoms with van der Waals surface area (Å²) in [5.74, 6) is 0. The van der Waals surface area contributed by atoms with E-state index < -0.39 is 80.0 Å². The van der Waals surface area contributed by atoms with E-state index in [4.69, 9.17) is 0 Å². The van der Waals surface area contributed by atoms with Gasteiger partial charge in [-0.25, -0.2) is 0 Å². The zero-order chi connectivity index (χ0) is 44.2. The first-order chi connectivity index (χ1) is 24.4. The van der Waals surface area contributed by atoms with Gasteiger partial charge in [-0.1, -0.05) is 260 Å². The van der Waals surface area contributed by atoms with Crippen molar-refractivity contribution in [3.05, 3.63) is 36.4 Å². The van der Waals surface area contributed by atoms with Gasteiger partial charge in [0.1, 0.15) is 0 Å². The first kappa shape index (κ1) is 50.5. The number of rotatable bonds is 12. The minimum Gasteiger partial charge on any atom is -0.149 e. The van der Waals surface area contributed by atoms with Crippen LogP contribution in [0.1, 0.15) is 0 Å². The number of hydrogen-bond donors (Lipinski definition) is 0. The van der Waals surface area contributed by atoms with E-state index in [-0.39, 0.29) is 0 Å². The number of hydrogen-bond acceptors (Lipinski definition) is 0. The van der Waals surface area contributed by atoms with Crippen molar-refractivity contribution >= 4 is 153 Å². The third-order valence-electron chi connectivity index (χ3n) is 11.9. The molecule has 3 aromatic rings. The highest BCUT2D eigenvalue weighted by Gasteiger charge is 2.50. The molecule has 0 N–H and O–H groups in total. The van der Waals surface area contributed by atoms with Gasteiger partial charge >= 0.3 is 0 Å². The molecule has 0 fully saturated rings. The molecule has 0 spiro atoms. The van der Waals surface area contributed by atoms with Gasteiger partial charge in [0.2, 0.25) is 7.38 Å². The summed E-state index contributed by atoms with van der Waals surface area (Å²) in [5, 5.41) is 19.8. The molecule has 0 radical (unpaired) electrons. The number of benzene rings is 3. The van der Waals surface area contributed by atoms with Crippen LogP contribution >= 0.6 is 11.1 Å². The average molecular weight is 945 g/mol. The summed E-state index contributed by atoms with van der Waals surface area (Å²) in [5.41, 5.74) is 0. The monoisotopic (exact) mass is 942 g/mol. The molecule has 0 atom stereocenters. The highest BCUT2D eigenvalue weighted by Crippen LogP contribution is 2.20. The lowest BCUT2D eigenvalue weighted by Crippen LogP contribution is -2.80. The van der Waals surface area contributed by atoms with E-state index >= 15 is 0 Å². The maximum Gasteiger partial charge on any atom is 0.247 e. The molecule has 3 rings (SSSR count). The maximum absolute atomic E-state index is 9.50. The summed E-state index contributed by atoms with van der Waals surface area (Å²) in [6.45, 7) is 70.2. The molecule has 11 heteroatoms. The van der Waals surface area contributed by atoms with Gasteiger partial charge in [-0.15, -0.1) is 11.1 Å². The fourth-order valence-electron chi connectivity index (χ4n) is 8.67. The van der Waals surface area contributed by atoms with E-state index in [0.717, 1.165) is 0 Å². The Bertz CT molecular complexity index is 1730. The van der Waals surface area contributed by atoms with Crippen LogP contribution in [-0.4, -0.2) is 80.0 Å². The van der Waals surface area contributed by atoms with Crippen molar-refractivity contribution in [1.82, 2.24) is 0 Å². The summed E-state index contributed by atoms with van der Waals surface area (Å²) in [6.07, 6.45) is 0. The molecule has 0 aliphatic heterocycles. The fraction of sp³-hybridized carbons (Fsp3) is 0.600. The lowest BCUT2D eigenvalue weighted by Gasteiger charge is -2.43. The van der Waals surface area contributed by atoms with E-state index in [1.807, 2.05) is 0 Å². The second-order valence-electron chi connectivity index (χ2n) is 26.7. The van der Waals surface area contributed by atoms with Crippen molar-refractivity contribution in [2.24, 2.45) is 0 Å². The van der Waals surface area contributed by atoms with Gasteiger partial charge in [0, 0.05) is 0 Å². The summed E-state index contributed by atoms with van der Waals surface area (Å²) in [6, 6.07) is 16.9. The molecule has 56 heavy (non-hydrogen) atoms. The molecule has 0 aromatic heterocycles. The lowest BCUT2D eigenvalue weighted by atomic mass is 10.3. The Hall–Kier alpha value is 0.119. The van der Waals surface area contributed by atoms with Crippen LogP contribution in [0.3, 0.4) is 0 Å². The molecule has 3 aromatic carbocycles. The zero-order valence-electron chi connectivity index (χ0n) is 41.8. The summed E-state index contributed by atoms with van der Waals surface area (Å²) >= 11 is 9.50. The second-order valence-corrected chi connectivity index (χ2v) is 76.7. The first-order valence-corrected chi connectivity index (χ1v) is 56.2. The summed E-state index contributed by atoms with van der Waals surface area (Å²) in [4.78, 5) is 0. The van der Waals surface area contributed by atoms with Crippen molar-refractivity contribution in [2.75, 3.05) is 0 Å². The van der Waals surface area contributed by atoms with E-state index in [2.05, 4.69) is 213 Å². The van der Waals surface area contributed by atoms with Crippen LogP contribution < -0.4 is 62.2 Å². The minimum atomic E-state index is -3.23. The lowest BCUT2D eigenvalue weighted by molar-refractivity contribution is 1.65. The van der Waals surface area contributed by atoms with Crippen LogP contribution in [0.15, 0.2) is 36.4 Å². The quantitative estimate of drug-likeness (QED) is 0.0990. The molecule has 0 heterocycles. The summed E-state index contributed by atoms with van der Waals surface area (Å²) in [7, 11) is -19.3. The highest BCUT2D eigenvalue weighted by molar-refractivity contribution is 7.43. The van der Waals surface area contributed by atoms with Gasteiger partial charge < -0.3 is 0 Å². The number of halogens is 1. The topological polar surface area (TPSA) is 0 Å². The predicted molar refractivity (Wildman–Crippen MR) is 297 cm³/mol. The SMILES string of the molecule is C[Si](C)(C)c1cc([Si](C)(C)C)c([Si](Cl)(c2cc([Si](C)(C)C)c([Si](C)(C)C)cc2[Si](C)(C)C)c2cc([Si](C)(C)C)c([Si](C)(C)C)cc2[Si](C)(C)C)cc1[Si](C)(C)C. The van der Waals surface area contributed by atoms with Gasteiger partial charge in [0.05, 0.1) is 72.7 Å². The molecule has 0 aliphatic rings. The highest BCUT2D eigenvalue weighted by atomic mass is 35.6. The Balaban J connectivity index is 3.10. The van der Waals surface area contributed by atoms with Crippen molar-refractivity contribution in [3.63, 3.8) is 0 Å². The molecule has 0 saturated carbocycles. The Morgan fingerprint density at radius 1 is 0.196 bits per heavy atom. The Morgan fingerprint density at radius 2 is 0.286 bits per heavy atom. The molecular formula is C45H87ClSi10. The molecule has 0 aliphatic carbocycles. The molecular weight excluding hydrogens is 857 g/mol. The molecule has 0 nitrogen and oxygen atoms in total. The standard InChI is InChI=1S/C45H87ClSi10/c1-47(2,3)34-28-40(53(19,20)21)43(31-37(34)50(10,11)12)56(46,44-32-38(51(13,14)15)35(48(4,5)6)29-41(44)54(22,23)24)45-33-39(52(16,17)18)36(49(7,8)9)30-42(45)55(25,26)27/h28-33H,1-27H3. The molecule has 0 amide bonds. The van der Waals surface area contributed by atoms with Crippen molar-refractivity contribution in [2.45, 2.75) is 177 Å². The van der Waals surface area contributed by atoms with Gasteiger partial charge in [-0.2, -0.15) is 0 Å². The Morgan fingerprint density at radius 3 is 0.393 bits per heavy atom. The van der Waals surface area contributed by atoms with Crippen LogP contribution in [0.2, 0.25) is 177 Å². The minimum absolute atomic E-state index is 1.57. The summed E-state index contributed by atoms with van der Waals surface area (Å²) < 4.78 is 0. The smallest absolute Gasteiger partial charge is 0.149 e. The van der Waals surface area contributed by atoms with Gasteiger partial charge in [0.25, 0.3) is 0 Å². The van der Waals surface area contributed by atoms with Crippen LogP contribution in [0.5, 0.6) is 0 Å². The zero-order valence-corrected chi connectivity index (χ0v) is 52.6. The third-order valence-corrected chi connectivity index (χ3v) is 36.9. The van der Waals surface area contributed by atoms with Crippen LogP contribution in [0.25, 0.3) is 0 Å². The first-order valence-electron chi connectivity index (χ1n) is 21.7. The van der Waals surface area contributed by atoms with E-state index in [1.165, 1.54) is 0 Å². The largest absolute Gasteiger partial charge is 0.247 e. The Kier molecular flexibility index (Phi) is 14.0. The maximum atomic E-state index is 9.50. The van der Waals surface area contributed by atoms with Gasteiger partial charge in [-0.3, -0.25) is 0 Å². The second kappa shape index (κ2) is 15.5. The fourth-order valence-corrected chi connectivity index (χ4v) is 39.8. The molecule has 314 valence electrons. The van der Waals surface area contributed by atoms with Gasteiger partial charge in [0.15, 0.2) is 0 Å². The average Bonchev–Trinajstić information content (AvgIpc) is 2.94. The van der Waals surface area contributed by atoms with Crippen molar-refractivity contribution < 1.29 is 0 Å². The molecule has 0 bridgehead atoms. The van der Waals surface area contributed by atoms with Crippen molar-refractivity contribution in [3.8, 4) is 0 Å². The Labute approximate surface area is 363 Å². The predicted octanol–water partition coefficient (Wildman–Crippen LogP) is 7.80. The van der Waals surface area contributed by atoms with E-state index in [1.54, 1.807) is 62.2 Å². The van der Waals surface area contributed by atoms with E-state index in [9.17, 15) is 11.1 Å². The van der Waals surface area contributed by atoms with Crippen molar-refractivity contribution in [1.29, 1.82) is 0 Å². The van der Waals surface area contributed by atoms with Crippen LogP contribution in [0, 0.1) is 0 Å². The molecule has 0 saturated heterocycles. The third kappa shape index (κ3) is 10.6. The van der Waals surface area contributed by atoms with Crippen LogP contribution in [-0.2, 0) is 0 Å². The normalized spacial score (nSPS) is 14.8.